The van der Waals surface area contributed by atoms with E-state index < -0.39 is 0 Å². The van der Waals surface area contributed by atoms with E-state index in [1.54, 1.807) is 185 Å². The highest BCUT2D eigenvalue weighted by atomic mass is 32.1. The number of pyridine rings is 1. The van der Waals surface area contributed by atoms with Crippen LogP contribution in [0.4, 0.5) is 0 Å². The maximum atomic E-state index is 4.58. The molecule has 16 rings (SSSR count). The quantitative estimate of drug-likeness (QED) is 0.110. The summed E-state index contributed by atoms with van der Waals surface area (Å²) in [7, 11) is 0. The fourth-order valence-corrected chi connectivity index (χ4v) is 4.24. The normalized spacial score (nSPS) is 8.56. The number of aromatic nitrogens is 21. The van der Waals surface area contributed by atoms with Crippen LogP contribution in [-0.4, -0.2) is 112 Å². The summed E-state index contributed by atoms with van der Waals surface area (Å²) in [6.45, 7) is 0. The highest BCUT2D eigenvalue weighted by Crippen LogP contribution is 1.91. The van der Waals surface area contributed by atoms with Gasteiger partial charge >= 0.3 is 0 Å². The van der Waals surface area contributed by atoms with Crippen LogP contribution in [0.1, 0.15) is 6.42 Å². The topological polar surface area (TPSA) is 347 Å². The molecular weight excluding hydrogens is 1110 g/mol. The Labute approximate surface area is 500 Å². The highest BCUT2D eigenvalue weighted by molar-refractivity contribution is 7.07. The van der Waals surface area contributed by atoms with Crippen molar-refractivity contribution in [1.29, 1.82) is 0 Å². The first kappa shape index (κ1) is 71.5. The molecule has 15 aromatic heterocycles. The molecule has 0 aliphatic carbocycles. The second-order valence-electron chi connectivity index (χ2n) is 13.3. The third-order valence-electron chi connectivity index (χ3n) is 7.11. The number of oxazole rings is 2. The van der Waals surface area contributed by atoms with E-state index in [-0.39, 0.29) is 0 Å². The first-order valence-electron chi connectivity index (χ1n) is 24.8. The van der Waals surface area contributed by atoms with E-state index in [9.17, 15) is 0 Å². The minimum Gasteiger partial charge on any atom is -0.473 e. The number of aliphatic imine (C=N–C) groups is 1. The van der Waals surface area contributed by atoms with Gasteiger partial charge in [0.15, 0.2) is 12.8 Å². The van der Waals surface area contributed by atoms with Gasteiger partial charge < -0.3 is 32.6 Å². The van der Waals surface area contributed by atoms with E-state index in [1.165, 1.54) is 50.6 Å². The van der Waals surface area contributed by atoms with Crippen LogP contribution in [0.15, 0.2) is 373 Å². The standard InChI is InChI=1S/C5H5N.4C4H4N2.2C4H5N.2C4H4O.C4H4S.C3H3N3.3C3H4N2.2C3H3NO/c1-2-4-6-5-3-1;1-2-6-4-3-5-1;1-2-5-4-6-3-1;2*1-2-4-6-5-3-1;5*1-2-4-5-3-1;1-4-2-6-3-5-1;2*1-2-5-3-4-1;1-2-4-5-3-1;2*1-2-5-3-4-1/h1-5H;4*1-4H;1,3-4H,2H2;1-5H;3*1-4H;1-3H;3*1-3H,(H,4,5);2*1-3H. The Morgan fingerprint density at radius 1 is 0.302 bits per heavy atom. The van der Waals surface area contributed by atoms with E-state index >= 15 is 0 Å². The zero-order valence-corrected chi connectivity index (χ0v) is 47.1. The number of allylic oxidation sites excluding steroid dienone is 1. The van der Waals surface area contributed by atoms with E-state index in [2.05, 4.69) is 128 Å². The third-order valence-corrected chi connectivity index (χ3v) is 7.74. The van der Waals surface area contributed by atoms with Crippen LogP contribution < -0.4 is 0 Å². The van der Waals surface area contributed by atoms with Gasteiger partial charge in [-0.05, 0) is 95.7 Å². The Morgan fingerprint density at radius 3 is 0.907 bits per heavy atom. The average Bonchev–Trinajstić information content (AvgIpc) is 4.45. The first-order valence-corrected chi connectivity index (χ1v) is 25.8. The van der Waals surface area contributed by atoms with Crippen molar-refractivity contribution in [2.75, 3.05) is 0 Å². The van der Waals surface area contributed by atoms with E-state index in [0.717, 1.165) is 6.42 Å². The monoisotopic (exact) mass is 1180 g/mol. The number of nitrogens with one attached hydrogen (secondary N) is 4. The lowest BCUT2D eigenvalue weighted by Crippen LogP contribution is -1.73. The number of furan rings is 2. The molecule has 4 N–H and O–H groups in total. The Hall–Kier alpha value is -12.5. The number of nitrogens with zero attached hydrogens (tertiary/aromatic N) is 18. The molecule has 1 aliphatic rings. The van der Waals surface area contributed by atoms with Crippen molar-refractivity contribution in [3.05, 3.63) is 351 Å². The summed E-state index contributed by atoms with van der Waals surface area (Å²) in [5, 5.41) is 24.4. The molecule has 0 radical (unpaired) electrons. The number of imidazole rings is 2. The second kappa shape index (κ2) is 68.6. The largest absolute Gasteiger partial charge is 0.473 e. The fourth-order valence-electron chi connectivity index (χ4n) is 3.79. The molecule has 86 heavy (non-hydrogen) atoms. The van der Waals surface area contributed by atoms with Gasteiger partial charge in [0.25, 0.3) is 0 Å². The number of aromatic amines is 4. The van der Waals surface area contributed by atoms with Crippen LogP contribution in [-0.2, 0) is 0 Å². The Bertz CT molecular complexity index is 2260. The van der Waals surface area contributed by atoms with Gasteiger partial charge in [-0.15, -0.1) is 0 Å². The van der Waals surface area contributed by atoms with Crippen molar-refractivity contribution in [1.82, 2.24) is 105 Å². The zero-order valence-electron chi connectivity index (χ0n) is 46.3. The summed E-state index contributed by atoms with van der Waals surface area (Å²) in [5.74, 6) is 0. The summed E-state index contributed by atoms with van der Waals surface area (Å²) in [6, 6.07) is 31.9. The fraction of sp³-hybridized carbons (Fsp3) is 0.0169. The third kappa shape index (κ3) is 65.8. The van der Waals surface area contributed by atoms with Crippen molar-refractivity contribution < 1.29 is 17.7 Å². The second-order valence-corrected chi connectivity index (χ2v) is 14.1. The minimum atomic E-state index is 1.03. The van der Waals surface area contributed by atoms with Gasteiger partial charge in [-0.2, -0.15) is 36.8 Å². The number of thiophene rings is 1. The Balaban J connectivity index is 0.000000459. The Kier molecular flexibility index (Phi) is 57.0. The van der Waals surface area contributed by atoms with Gasteiger partial charge in [0.05, 0.1) is 50.1 Å². The molecule has 0 saturated heterocycles. The average molecular weight is 1180 g/mol. The lowest BCUT2D eigenvalue weighted by atomic mass is 10.5. The number of H-pyrrole nitrogens is 4. The van der Waals surface area contributed by atoms with Crippen LogP contribution >= 0.6 is 11.3 Å². The van der Waals surface area contributed by atoms with Crippen LogP contribution in [0, 0.1) is 0 Å². The molecule has 0 bridgehead atoms. The minimum absolute atomic E-state index is 1.03. The van der Waals surface area contributed by atoms with Crippen molar-refractivity contribution >= 4 is 17.6 Å². The van der Waals surface area contributed by atoms with Crippen LogP contribution in [0.3, 0.4) is 0 Å². The summed E-state index contributed by atoms with van der Waals surface area (Å²) in [4.78, 5) is 55.8. The van der Waals surface area contributed by atoms with Gasteiger partial charge in [-0.3, -0.25) is 25.0 Å². The predicted octanol–water partition coefficient (Wildman–Crippen LogP) is 11.7. The van der Waals surface area contributed by atoms with Gasteiger partial charge in [0.1, 0.15) is 37.8 Å². The summed E-state index contributed by atoms with van der Waals surface area (Å²) >= 11 is 1.71. The lowest BCUT2D eigenvalue weighted by molar-refractivity contribution is 0.557. The maximum Gasteiger partial charge on any atom is 0.180 e. The van der Waals surface area contributed by atoms with Gasteiger partial charge in [-0.25, -0.2) is 44.9 Å². The summed E-state index contributed by atoms with van der Waals surface area (Å²) in [6.07, 6.45) is 65.3. The zero-order chi connectivity index (χ0) is 60.8. The van der Waals surface area contributed by atoms with Crippen molar-refractivity contribution in [3.8, 4) is 0 Å². The number of hydrogen-bond donors (Lipinski definition) is 4. The molecule has 0 aromatic carbocycles. The van der Waals surface area contributed by atoms with Crippen LogP contribution in [0.5, 0.6) is 0 Å². The first-order chi connectivity index (χ1) is 43.0. The molecule has 0 atom stereocenters. The highest BCUT2D eigenvalue weighted by Gasteiger charge is 1.73. The summed E-state index contributed by atoms with van der Waals surface area (Å²) < 4.78 is 18.1. The molecule has 1 aliphatic heterocycles. The number of rotatable bonds is 0. The molecule has 16 heterocycles. The molecule has 0 unspecified atom stereocenters. The molecule has 0 amide bonds. The molecule has 0 saturated carbocycles. The van der Waals surface area contributed by atoms with Crippen LogP contribution in [0.25, 0.3) is 0 Å². The van der Waals surface area contributed by atoms with Gasteiger partial charge in [0, 0.05) is 143 Å². The van der Waals surface area contributed by atoms with Crippen molar-refractivity contribution in [3.63, 3.8) is 0 Å². The SMILES string of the molecule is C1=CN=CC1.c1c[nH]cn1.c1c[nH]cn1.c1cc[nH]c1.c1ccncc1.c1ccnnc1.c1ccnnc1.c1ccoc1.c1ccoc1.c1ccsc1.c1cn[nH]c1.c1cnccn1.c1cncnc1.c1cocn1.c1cocn1.c1ncncn1. The predicted molar refractivity (Wildman–Crippen MR) is 326 cm³/mol. The van der Waals surface area contributed by atoms with Crippen molar-refractivity contribution in [2.24, 2.45) is 4.99 Å². The smallest absolute Gasteiger partial charge is 0.180 e. The van der Waals surface area contributed by atoms with Gasteiger partial charge in [-0.1, -0.05) is 24.3 Å². The molecule has 0 spiro atoms. The molecular formula is C59H64N22O4S. The molecule has 0 fully saturated rings. The number of hydrogen-bond acceptors (Lipinski definition) is 23. The van der Waals surface area contributed by atoms with Crippen LogP contribution in [0.2, 0.25) is 0 Å². The lowest BCUT2D eigenvalue weighted by Gasteiger charge is -1.70. The van der Waals surface area contributed by atoms with Crippen molar-refractivity contribution in [2.45, 2.75) is 6.42 Å². The molecule has 27 heteroatoms. The molecule has 15 aromatic rings. The van der Waals surface area contributed by atoms with E-state index in [4.69, 9.17) is 0 Å². The van der Waals surface area contributed by atoms with E-state index in [0.29, 0.717) is 0 Å². The van der Waals surface area contributed by atoms with Gasteiger partial charge in [0.2, 0.25) is 0 Å². The maximum absolute atomic E-state index is 4.58. The molecule has 440 valence electrons. The molecule has 26 nitrogen and oxygen atoms in total. The Morgan fingerprint density at radius 2 is 0.767 bits per heavy atom. The summed E-state index contributed by atoms with van der Waals surface area (Å²) in [5.41, 5.74) is 0. The van der Waals surface area contributed by atoms with E-state index in [1.807, 2.05) is 133 Å².